The van der Waals surface area contributed by atoms with E-state index >= 15 is 0 Å². The molecule has 1 saturated carbocycles. The molecule has 1 aliphatic rings. The van der Waals surface area contributed by atoms with Gasteiger partial charge in [-0.1, -0.05) is 23.4 Å². The largest absolute Gasteiger partial charge is 0.476 e. The first-order chi connectivity index (χ1) is 10.6. The molecule has 0 saturated heterocycles. The van der Waals surface area contributed by atoms with Crippen molar-refractivity contribution in [1.29, 1.82) is 0 Å². The van der Waals surface area contributed by atoms with E-state index in [1.165, 1.54) is 4.68 Å². The SMILES string of the molecule is CC(C(=O)Nc1ccccc1)n1nnc(C(=O)O)c1C1CC1. The summed E-state index contributed by atoms with van der Waals surface area (Å²) in [7, 11) is 0. The van der Waals surface area contributed by atoms with E-state index in [4.69, 9.17) is 0 Å². The Morgan fingerprint density at radius 2 is 2.00 bits per heavy atom. The molecule has 1 atom stereocenters. The van der Waals surface area contributed by atoms with Crippen molar-refractivity contribution in [3.8, 4) is 0 Å². The molecule has 1 aromatic heterocycles. The first-order valence-corrected chi connectivity index (χ1v) is 7.12. The lowest BCUT2D eigenvalue weighted by molar-refractivity contribution is -0.119. The van der Waals surface area contributed by atoms with Crippen molar-refractivity contribution in [2.24, 2.45) is 0 Å². The number of carboxylic acids is 1. The molecular weight excluding hydrogens is 284 g/mol. The smallest absolute Gasteiger partial charge is 0.358 e. The van der Waals surface area contributed by atoms with Crippen molar-refractivity contribution >= 4 is 17.6 Å². The quantitative estimate of drug-likeness (QED) is 0.880. The summed E-state index contributed by atoms with van der Waals surface area (Å²) < 4.78 is 1.43. The Balaban J connectivity index is 1.84. The number of hydrogen-bond donors (Lipinski definition) is 2. The molecule has 2 N–H and O–H groups in total. The molecule has 1 heterocycles. The van der Waals surface area contributed by atoms with E-state index in [9.17, 15) is 14.7 Å². The molecule has 22 heavy (non-hydrogen) atoms. The lowest BCUT2D eigenvalue weighted by atomic mass is 10.2. The lowest BCUT2D eigenvalue weighted by Gasteiger charge is -2.15. The number of para-hydroxylation sites is 1. The minimum atomic E-state index is -1.11. The number of aromatic nitrogens is 3. The molecule has 0 bridgehead atoms. The summed E-state index contributed by atoms with van der Waals surface area (Å²) in [4.78, 5) is 23.6. The molecule has 1 amide bonds. The number of nitrogens with zero attached hydrogens (tertiary/aromatic N) is 3. The third kappa shape index (κ3) is 2.69. The molecule has 1 aliphatic carbocycles. The molecule has 7 nitrogen and oxygen atoms in total. The van der Waals surface area contributed by atoms with Gasteiger partial charge in [-0.05, 0) is 31.9 Å². The van der Waals surface area contributed by atoms with E-state index in [0.29, 0.717) is 11.4 Å². The Bertz CT molecular complexity index is 707. The molecule has 7 heteroatoms. The van der Waals surface area contributed by atoms with Gasteiger partial charge in [0.05, 0.1) is 5.69 Å². The number of anilines is 1. The van der Waals surface area contributed by atoms with Gasteiger partial charge >= 0.3 is 5.97 Å². The summed E-state index contributed by atoms with van der Waals surface area (Å²) in [5.74, 6) is -1.23. The zero-order valence-electron chi connectivity index (χ0n) is 12.1. The number of rotatable bonds is 5. The van der Waals surface area contributed by atoms with Crippen LogP contribution in [0.15, 0.2) is 30.3 Å². The third-order valence-corrected chi connectivity index (χ3v) is 3.68. The van der Waals surface area contributed by atoms with Crippen molar-refractivity contribution in [3.05, 3.63) is 41.7 Å². The summed E-state index contributed by atoms with van der Waals surface area (Å²) in [6.07, 6.45) is 1.81. The zero-order chi connectivity index (χ0) is 15.7. The van der Waals surface area contributed by atoms with Gasteiger partial charge < -0.3 is 10.4 Å². The van der Waals surface area contributed by atoms with Gasteiger partial charge in [-0.2, -0.15) is 0 Å². The second kappa shape index (κ2) is 5.59. The predicted octanol–water partition coefficient (Wildman–Crippen LogP) is 2.05. The molecule has 1 unspecified atom stereocenters. The maximum atomic E-state index is 12.3. The number of nitrogens with one attached hydrogen (secondary N) is 1. The molecule has 1 fully saturated rings. The van der Waals surface area contributed by atoms with Crippen LogP contribution in [-0.4, -0.2) is 32.0 Å². The fraction of sp³-hybridized carbons (Fsp3) is 0.333. The highest BCUT2D eigenvalue weighted by atomic mass is 16.4. The number of aromatic carboxylic acids is 1. The molecule has 114 valence electrons. The highest BCUT2D eigenvalue weighted by Crippen LogP contribution is 2.42. The van der Waals surface area contributed by atoms with Gasteiger partial charge in [-0.3, -0.25) is 4.79 Å². The minimum absolute atomic E-state index is 0.0538. The second-order valence-electron chi connectivity index (χ2n) is 5.38. The number of carbonyl (C=O) groups excluding carboxylic acids is 1. The van der Waals surface area contributed by atoms with Crippen LogP contribution in [-0.2, 0) is 4.79 Å². The first kappa shape index (κ1) is 14.2. The number of benzene rings is 1. The monoisotopic (exact) mass is 300 g/mol. The molecule has 1 aromatic carbocycles. The van der Waals surface area contributed by atoms with Crippen LogP contribution in [0, 0.1) is 0 Å². The molecule has 0 spiro atoms. The highest BCUT2D eigenvalue weighted by molar-refractivity contribution is 5.93. The van der Waals surface area contributed by atoms with Crippen LogP contribution >= 0.6 is 0 Å². The van der Waals surface area contributed by atoms with Crippen molar-refractivity contribution in [2.45, 2.75) is 31.7 Å². The number of amides is 1. The fourth-order valence-electron chi connectivity index (χ4n) is 2.36. The molecule has 0 radical (unpaired) electrons. The van der Waals surface area contributed by atoms with Crippen molar-refractivity contribution < 1.29 is 14.7 Å². The van der Waals surface area contributed by atoms with Gasteiger partial charge in [0.15, 0.2) is 5.69 Å². The van der Waals surface area contributed by atoms with Crippen LogP contribution in [0.2, 0.25) is 0 Å². The van der Waals surface area contributed by atoms with Crippen LogP contribution in [0.3, 0.4) is 0 Å². The maximum Gasteiger partial charge on any atom is 0.358 e. The van der Waals surface area contributed by atoms with Crippen molar-refractivity contribution in [1.82, 2.24) is 15.0 Å². The first-order valence-electron chi connectivity index (χ1n) is 7.12. The van der Waals surface area contributed by atoms with E-state index in [1.807, 2.05) is 18.2 Å². The Morgan fingerprint density at radius 3 is 2.59 bits per heavy atom. The topological polar surface area (TPSA) is 97.1 Å². The van der Waals surface area contributed by atoms with Gasteiger partial charge in [0, 0.05) is 11.6 Å². The molecule has 2 aromatic rings. The second-order valence-corrected chi connectivity index (χ2v) is 5.38. The molecule has 0 aliphatic heterocycles. The fourth-order valence-corrected chi connectivity index (χ4v) is 2.36. The van der Waals surface area contributed by atoms with Gasteiger partial charge in [0.1, 0.15) is 6.04 Å². The summed E-state index contributed by atoms with van der Waals surface area (Å²) >= 11 is 0. The minimum Gasteiger partial charge on any atom is -0.476 e. The van der Waals surface area contributed by atoms with Crippen LogP contribution in [0.1, 0.15) is 47.9 Å². The van der Waals surface area contributed by atoms with Gasteiger partial charge in [0.25, 0.3) is 0 Å². The van der Waals surface area contributed by atoms with Gasteiger partial charge in [-0.25, -0.2) is 9.48 Å². The lowest BCUT2D eigenvalue weighted by Crippen LogP contribution is -2.26. The number of hydrogen-bond acceptors (Lipinski definition) is 4. The normalized spacial score (nSPS) is 15.3. The Morgan fingerprint density at radius 1 is 1.32 bits per heavy atom. The van der Waals surface area contributed by atoms with E-state index in [-0.39, 0.29) is 17.5 Å². The van der Waals surface area contributed by atoms with Crippen LogP contribution in [0.25, 0.3) is 0 Å². The highest BCUT2D eigenvalue weighted by Gasteiger charge is 2.36. The van der Waals surface area contributed by atoms with Crippen LogP contribution < -0.4 is 5.32 Å². The van der Waals surface area contributed by atoms with Gasteiger partial charge in [0.2, 0.25) is 5.91 Å². The van der Waals surface area contributed by atoms with Gasteiger partial charge in [-0.15, -0.1) is 5.10 Å². The Kier molecular flexibility index (Phi) is 3.62. The van der Waals surface area contributed by atoms with E-state index < -0.39 is 12.0 Å². The standard InChI is InChI=1S/C15H16N4O3/c1-9(14(20)16-11-5-3-2-4-6-11)19-13(10-7-8-10)12(15(21)22)17-18-19/h2-6,9-10H,7-8H2,1H3,(H,16,20)(H,21,22). The van der Waals surface area contributed by atoms with Crippen molar-refractivity contribution in [2.75, 3.05) is 5.32 Å². The summed E-state index contributed by atoms with van der Waals surface area (Å²) in [6.45, 7) is 1.68. The summed E-state index contributed by atoms with van der Waals surface area (Å²) in [5, 5.41) is 19.6. The number of carbonyl (C=O) groups is 2. The summed E-state index contributed by atoms with van der Waals surface area (Å²) in [6, 6.07) is 8.46. The van der Waals surface area contributed by atoms with E-state index in [2.05, 4.69) is 15.6 Å². The maximum absolute atomic E-state index is 12.3. The number of carboxylic acid groups (broad SMARTS) is 1. The van der Waals surface area contributed by atoms with Crippen LogP contribution in [0.5, 0.6) is 0 Å². The average Bonchev–Trinajstić information content (AvgIpc) is 3.25. The summed E-state index contributed by atoms with van der Waals surface area (Å²) in [5.41, 5.74) is 1.18. The van der Waals surface area contributed by atoms with Crippen molar-refractivity contribution in [3.63, 3.8) is 0 Å². The van der Waals surface area contributed by atoms with Crippen LogP contribution in [0.4, 0.5) is 5.69 Å². The van der Waals surface area contributed by atoms with E-state index in [1.54, 1.807) is 19.1 Å². The molecule has 3 rings (SSSR count). The Labute approximate surface area is 126 Å². The average molecular weight is 300 g/mol. The molecular formula is C15H16N4O3. The zero-order valence-corrected chi connectivity index (χ0v) is 12.1. The Hall–Kier alpha value is -2.70. The van der Waals surface area contributed by atoms with E-state index in [0.717, 1.165) is 12.8 Å². The third-order valence-electron chi connectivity index (χ3n) is 3.68. The predicted molar refractivity (Wildman–Crippen MR) is 78.7 cm³/mol.